The van der Waals surface area contributed by atoms with E-state index in [9.17, 15) is 4.79 Å². The van der Waals surface area contributed by atoms with Crippen LogP contribution < -0.4 is 4.31 Å². The zero-order chi connectivity index (χ0) is 10.8. The molecule has 1 aromatic rings. The first kappa shape index (κ1) is 10.4. The fourth-order valence-electron chi connectivity index (χ4n) is 1.24. The number of pyridine rings is 1. The Bertz CT molecular complexity index is 390. The summed E-state index contributed by atoms with van der Waals surface area (Å²) in [5.74, 6) is 0. The summed E-state index contributed by atoms with van der Waals surface area (Å²) in [6.07, 6.45) is 0.671. The van der Waals surface area contributed by atoms with Crippen LogP contribution in [0.3, 0.4) is 0 Å². The third kappa shape index (κ3) is 2.27. The molecule has 1 amide bonds. The summed E-state index contributed by atoms with van der Waals surface area (Å²) in [5, 5.41) is 9.18. The third-order valence-electron chi connectivity index (χ3n) is 1.91. The van der Waals surface area contributed by atoms with E-state index in [4.69, 9.17) is 16.7 Å². The monoisotopic (exact) mass is 245 g/mol. The largest absolute Gasteiger partial charge is 0.464 e. The summed E-state index contributed by atoms with van der Waals surface area (Å²) in [6, 6.07) is 3.50. The molecule has 2 rings (SSSR count). The maximum atomic E-state index is 10.7. The second-order valence-electron chi connectivity index (χ2n) is 2.91. The zero-order valence-electron chi connectivity index (χ0n) is 7.63. The summed E-state index contributed by atoms with van der Waals surface area (Å²) >= 11 is 6.91. The molecule has 1 aliphatic heterocycles. The Kier molecular flexibility index (Phi) is 2.88. The lowest BCUT2D eigenvalue weighted by Crippen LogP contribution is -2.19. The predicted octanol–water partition coefficient (Wildman–Crippen LogP) is 2.10. The summed E-state index contributed by atoms with van der Waals surface area (Å²) in [5.41, 5.74) is 0.865. The van der Waals surface area contributed by atoms with E-state index >= 15 is 0 Å². The molecule has 0 aliphatic carbocycles. The van der Waals surface area contributed by atoms with Crippen LogP contribution >= 0.6 is 23.7 Å². The maximum Gasteiger partial charge on any atom is 0.418 e. The molecule has 1 N–H and O–H groups in total. The fourth-order valence-corrected chi connectivity index (χ4v) is 2.25. The Balaban J connectivity index is 2.11. The Morgan fingerprint density at radius 2 is 2.40 bits per heavy atom. The first-order valence-electron chi connectivity index (χ1n) is 4.24. The van der Waals surface area contributed by atoms with Crippen LogP contribution in [0.1, 0.15) is 0 Å². The van der Waals surface area contributed by atoms with Crippen LogP contribution in [0.15, 0.2) is 18.3 Å². The second-order valence-corrected chi connectivity index (χ2v) is 4.34. The lowest BCUT2D eigenvalue weighted by Gasteiger charge is -2.15. The molecule has 0 atom stereocenters. The third-order valence-corrected chi connectivity index (χ3v) is 3.25. The Labute approximate surface area is 95.9 Å². The van der Waals surface area contributed by atoms with Gasteiger partial charge in [0, 0.05) is 6.20 Å². The van der Waals surface area contributed by atoms with Crippen molar-refractivity contribution in [1.29, 1.82) is 0 Å². The quantitative estimate of drug-likeness (QED) is 0.607. The summed E-state index contributed by atoms with van der Waals surface area (Å²) in [6.45, 7) is 1.14. The molecule has 2 heterocycles. The fraction of sp³-hybridized carbons (Fsp3) is 0.250. The molecule has 80 valence electrons. The van der Waals surface area contributed by atoms with Gasteiger partial charge in [0.15, 0.2) is 0 Å². The van der Waals surface area contributed by atoms with Crippen LogP contribution in [0, 0.1) is 0 Å². The SMILES string of the molecule is O=C(O)N1CCN(c2ccnc(Cl)c2)S1. The van der Waals surface area contributed by atoms with Gasteiger partial charge < -0.3 is 5.11 Å². The number of aromatic nitrogens is 1. The number of carboxylic acid groups (broad SMARTS) is 1. The van der Waals surface area contributed by atoms with E-state index in [2.05, 4.69) is 4.98 Å². The molecule has 5 nitrogen and oxygen atoms in total. The van der Waals surface area contributed by atoms with Gasteiger partial charge in [-0.2, -0.15) is 0 Å². The molecular formula is C8H8ClN3O2S. The van der Waals surface area contributed by atoms with E-state index < -0.39 is 6.09 Å². The number of anilines is 1. The standard InChI is InChI=1S/C8H8ClN3O2S/c9-7-5-6(1-2-10-7)11-3-4-12(15-11)8(13)14/h1-2,5H,3-4H2,(H,13,14). The lowest BCUT2D eigenvalue weighted by molar-refractivity contribution is 0.177. The van der Waals surface area contributed by atoms with Crippen LogP contribution in [-0.2, 0) is 0 Å². The average molecular weight is 246 g/mol. The molecular weight excluding hydrogens is 238 g/mol. The summed E-state index contributed by atoms with van der Waals surface area (Å²) < 4.78 is 3.13. The number of amides is 1. The summed E-state index contributed by atoms with van der Waals surface area (Å²) in [7, 11) is 0. The molecule has 0 bridgehead atoms. The highest BCUT2D eigenvalue weighted by atomic mass is 35.5. The second kappa shape index (κ2) is 4.16. The van der Waals surface area contributed by atoms with E-state index in [0.29, 0.717) is 18.2 Å². The number of nitrogens with zero attached hydrogens (tertiary/aromatic N) is 3. The molecule has 0 aromatic carbocycles. The minimum atomic E-state index is -0.928. The van der Waals surface area contributed by atoms with Crippen molar-refractivity contribution in [3.05, 3.63) is 23.5 Å². The highest BCUT2D eigenvalue weighted by Gasteiger charge is 2.25. The Morgan fingerprint density at radius 1 is 1.60 bits per heavy atom. The van der Waals surface area contributed by atoms with Gasteiger partial charge >= 0.3 is 6.09 Å². The van der Waals surface area contributed by atoms with E-state index in [-0.39, 0.29) is 0 Å². The van der Waals surface area contributed by atoms with Crippen molar-refractivity contribution in [3.8, 4) is 0 Å². The minimum absolute atomic E-state index is 0.405. The van der Waals surface area contributed by atoms with Gasteiger partial charge in [0.2, 0.25) is 0 Å². The number of hydrogen-bond acceptors (Lipinski definition) is 4. The Morgan fingerprint density at radius 3 is 3.00 bits per heavy atom. The predicted molar refractivity (Wildman–Crippen MR) is 58.9 cm³/mol. The van der Waals surface area contributed by atoms with E-state index in [1.165, 1.54) is 4.31 Å². The van der Waals surface area contributed by atoms with Crippen LogP contribution in [0.25, 0.3) is 0 Å². The van der Waals surface area contributed by atoms with Crippen LogP contribution in [-0.4, -0.2) is 33.6 Å². The molecule has 7 heteroatoms. The van der Waals surface area contributed by atoms with Gasteiger partial charge in [-0.15, -0.1) is 0 Å². The molecule has 0 unspecified atom stereocenters. The van der Waals surface area contributed by atoms with Gasteiger partial charge in [-0.1, -0.05) is 11.6 Å². The van der Waals surface area contributed by atoms with Crippen molar-refractivity contribution in [3.63, 3.8) is 0 Å². The smallest absolute Gasteiger partial charge is 0.418 e. The molecule has 15 heavy (non-hydrogen) atoms. The average Bonchev–Trinajstić information content (AvgIpc) is 2.66. The van der Waals surface area contributed by atoms with Crippen LogP contribution in [0.4, 0.5) is 10.5 Å². The van der Waals surface area contributed by atoms with E-state index in [0.717, 1.165) is 17.8 Å². The van der Waals surface area contributed by atoms with Gasteiger partial charge in [0.25, 0.3) is 0 Å². The maximum absolute atomic E-state index is 10.7. The topological polar surface area (TPSA) is 56.7 Å². The van der Waals surface area contributed by atoms with Gasteiger partial charge in [0.05, 0.1) is 30.9 Å². The van der Waals surface area contributed by atoms with Crippen molar-refractivity contribution in [2.75, 3.05) is 17.4 Å². The molecule has 0 radical (unpaired) electrons. The number of rotatable bonds is 1. The van der Waals surface area contributed by atoms with Crippen molar-refractivity contribution in [2.24, 2.45) is 0 Å². The first-order chi connectivity index (χ1) is 7.16. The van der Waals surface area contributed by atoms with E-state index in [1.54, 1.807) is 18.3 Å². The van der Waals surface area contributed by atoms with Gasteiger partial charge in [-0.05, 0) is 12.1 Å². The van der Waals surface area contributed by atoms with E-state index in [1.807, 2.05) is 4.31 Å². The molecule has 1 aromatic heterocycles. The highest BCUT2D eigenvalue weighted by Crippen LogP contribution is 2.30. The minimum Gasteiger partial charge on any atom is -0.464 e. The Hall–Kier alpha value is -1.14. The van der Waals surface area contributed by atoms with Crippen molar-refractivity contribution in [1.82, 2.24) is 9.29 Å². The highest BCUT2D eigenvalue weighted by molar-refractivity contribution is 7.99. The van der Waals surface area contributed by atoms with Gasteiger partial charge in [-0.3, -0.25) is 4.31 Å². The number of carbonyl (C=O) groups is 1. The van der Waals surface area contributed by atoms with Crippen LogP contribution in [0.2, 0.25) is 5.15 Å². The normalized spacial score (nSPS) is 15.8. The van der Waals surface area contributed by atoms with Crippen molar-refractivity contribution >= 4 is 35.5 Å². The van der Waals surface area contributed by atoms with Gasteiger partial charge in [0.1, 0.15) is 5.15 Å². The molecule has 1 fully saturated rings. The van der Waals surface area contributed by atoms with Crippen molar-refractivity contribution < 1.29 is 9.90 Å². The lowest BCUT2D eigenvalue weighted by atomic mass is 10.4. The molecule has 0 spiro atoms. The first-order valence-corrected chi connectivity index (χ1v) is 5.35. The number of halogens is 1. The number of hydrogen-bond donors (Lipinski definition) is 1. The van der Waals surface area contributed by atoms with Gasteiger partial charge in [-0.25, -0.2) is 14.1 Å². The molecule has 0 saturated carbocycles. The van der Waals surface area contributed by atoms with Crippen molar-refractivity contribution in [2.45, 2.75) is 0 Å². The zero-order valence-corrected chi connectivity index (χ0v) is 9.20. The molecule has 1 aliphatic rings. The summed E-state index contributed by atoms with van der Waals surface area (Å²) in [4.78, 5) is 14.6. The van der Waals surface area contributed by atoms with Crippen LogP contribution in [0.5, 0.6) is 0 Å². The molecule has 1 saturated heterocycles.